The number of rotatable bonds is 18. The number of ether oxygens (including phenoxy) is 5. The van der Waals surface area contributed by atoms with Gasteiger partial charge in [0.2, 0.25) is 17.6 Å². The normalized spacial score (nSPS) is 28.5. The number of aliphatic carboxylic acids is 1. The summed E-state index contributed by atoms with van der Waals surface area (Å²) in [5.41, 5.74) is -8.24. The van der Waals surface area contributed by atoms with Gasteiger partial charge in [-0.2, -0.15) is 0 Å². The maximum atomic E-state index is 15.6. The smallest absolute Gasteiger partial charge is 0.381 e. The number of aryl methyl sites for hydroxylation is 2. The summed E-state index contributed by atoms with van der Waals surface area (Å²) in [4.78, 5) is 124. The van der Waals surface area contributed by atoms with Gasteiger partial charge in [0.15, 0.2) is 23.6 Å². The number of hydrogen-bond donors (Lipinski definition) is 6. The second-order valence-corrected chi connectivity index (χ2v) is 20.4. The summed E-state index contributed by atoms with van der Waals surface area (Å²) in [6, 6.07) is 11.9. The zero-order chi connectivity index (χ0) is 55.8. The molecule has 408 valence electrons. The number of amides is 2. The van der Waals surface area contributed by atoms with Gasteiger partial charge in [-0.3, -0.25) is 28.8 Å². The predicted octanol–water partition coefficient (Wildman–Crippen LogP) is 2.27. The largest absolute Gasteiger partial charge is 0.481 e. The van der Waals surface area contributed by atoms with Gasteiger partial charge >= 0.3 is 35.7 Å². The van der Waals surface area contributed by atoms with E-state index in [1.165, 1.54) is 75.6 Å². The molecule has 2 amide bonds. The van der Waals surface area contributed by atoms with Crippen LogP contribution in [0, 0.1) is 33.8 Å². The zero-order valence-electron chi connectivity index (χ0n) is 42.8. The van der Waals surface area contributed by atoms with Crippen molar-refractivity contribution in [3.05, 3.63) is 105 Å². The fourth-order valence-corrected chi connectivity index (χ4v) is 11.5. The Kier molecular flexibility index (Phi) is 16.1. The highest BCUT2D eigenvalue weighted by Crippen LogP contribution is 2.64. The lowest BCUT2D eigenvalue weighted by Crippen LogP contribution is -2.82. The van der Waals surface area contributed by atoms with E-state index in [1.807, 2.05) is 0 Å². The summed E-state index contributed by atoms with van der Waals surface area (Å²) >= 11 is 0. The number of aliphatic hydroxyl groups excluding tert-OH is 2. The Morgan fingerprint density at radius 2 is 1.58 bits per heavy atom. The van der Waals surface area contributed by atoms with Crippen molar-refractivity contribution in [2.75, 3.05) is 6.61 Å². The molecule has 3 aliphatic carbocycles. The minimum atomic E-state index is -2.52. The third-order valence-corrected chi connectivity index (χ3v) is 15.5. The van der Waals surface area contributed by atoms with Crippen LogP contribution in [0.5, 0.6) is 0 Å². The average Bonchev–Trinajstić information content (AvgIpc) is 3.84. The number of carbonyl (C=O) groups is 8. The maximum absolute atomic E-state index is 15.6. The number of aromatic nitrogens is 2. The van der Waals surface area contributed by atoms with Crippen LogP contribution in [0.25, 0.3) is 0 Å². The van der Waals surface area contributed by atoms with Crippen LogP contribution >= 0.6 is 0 Å². The first-order valence-electron chi connectivity index (χ1n) is 24.5. The van der Waals surface area contributed by atoms with Crippen molar-refractivity contribution >= 4 is 53.3 Å². The Balaban J connectivity index is 1.28. The van der Waals surface area contributed by atoms with Gasteiger partial charge in [0.05, 0.1) is 35.6 Å². The van der Waals surface area contributed by atoms with Crippen LogP contribution < -0.4 is 10.6 Å². The van der Waals surface area contributed by atoms with E-state index in [2.05, 4.69) is 15.6 Å². The molecule has 76 heavy (non-hydrogen) atoms. The number of carbonyl (C=O) groups excluding carboxylic acids is 7. The number of fused-ring (bicyclic) bond motifs is 5. The Morgan fingerprint density at radius 3 is 2.14 bits per heavy atom. The molecule has 0 radical (unpaired) electrons. The van der Waals surface area contributed by atoms with E-state index in [-0.39, 0.29) is 54.1 Å². The van der Waals surface area contributed by atoms with E-state index in [9.17, 15) is 64.1 Å². The molecule has 2 bridgehead atoms. The van der Waals surface area contributed by atoms with E-state index >= 15 is 4.79 Å². The van der Waals surface area contributed by atoms with Gasteiger partial charge in [0.1, 0.15) is 36.2 Å². The number of carboxylic acid groups (broad SMARTS) is 1. The molecular weight excluding hydrogens is 999 g/mol. The summed E-state index contributed by atoms with van der Waals surface area (Å²) in [7, 11) is 0. The minimum absolute atomic E-state index is 0.00146. The highest BCUT2D eigenvalue weighted by molar-refractivity contribution is 5.96. The van der Waals surface area contributed by atoms with Gasteiger partial charge in [-0.05, 0) is 59.0 Å². The van der Waals surface area contributed by atoms with E-state index in [0.29, 0.717) is 0 Å². The van der Waals surface area contributed by atoms with E-state index in [1.54, 1.807) is 24.3 Å². The van der Waals surface area contributed by atoms with Gasteiger partial charge in [0, 0.05) is 58.4 Å². The number of ketones is 1. The second-order valence-electron chi connectivity index (χ2n) is 20.4. The lowest BCUT2D eigenvalue weighted by molar-refractivity contribution is -0.389. The van der Waals surface area contributed by atoms with Crippen molar-refractivity contribution in [2.45, 2.75) is 147 Å². The lowest BCUT2D eigenvalue weighted by Gasteiger charge is -2.67. The number of imidazole rings is 1. The van der Waals surface area contributed by atoms with Gasteiger partial charge in [0.25, 0.3) is 0 Å². The summed E-state index contributed by atoms with van der Waals surface area (Å²) in [5, 5.41) is 63.8. The molecule has 0 unspecified atom stereocenters. The Morgan fingerprint density at radius 1 is 0.934 bits per heavy atom. The second kappa shape index (κ2) is 21.7. The molecule has 4 aliphatic rings. The van der Waals surface area contributed by atoms with Crippen molar-refractivity contribution < 1.29 is 87.4 Å². The van der Waals surface area contributed by atoms with Crippen LogP contribution in [-0.2, 0) is 63.8 Å². The summed E-state index contributed by atoms with van der Waals surface area (Å²) in [6.45, 7) is 8.89. The first-order valence-corrected chi connectivity index (χ1v) is 24.5. The quantitative estimate of drug-likeness (QED) is 0.0350. The molecule has 7 rings (SSSR count). The molecule has 1 aliphatic heterocycles. The number of benzene rings is 2. The number of nitrogens with one attached hydrogen (secondary N) is 2. The predicted molar refractivity (Wildman–Crippen MR) is 259 cm³/mol. The van der Waals surface area contributed by atoms with Gasteiger partial charge in [-0.1, -0.05) is 62.4 Å². The molecule has 24 nitrogen and oxygen atoms in total. The monoisotopic (exact) mass is 1060 g/mol. The van der Waals surface area contributed by atoms with E-state index in [4.69, 9.17) is 23.7 Å². The molecule has 2 heterocycles. The van der Waals surface area contributed by atoms with Gasteiger partial charge < -0.3 is 69.4 Å². The minimum Gasteiger partial charge on any atom is -0.481 e. The first kappa shape index (κ1) is 56.3. The topological polar surface area (TPSA) is 349 Å². The van der Waals surface area contributed by atoms with Crippen LogP contribution in [-0.4, -0.2) is 143 Å². The fourth-order valence-electron chi connectivity index (χ4n) is 11.5. The number of carboxylic acids is 1. The molecule has 1 aromatic heterocycles. The third kappa shape index (κ3) is 10.4. The van der Waals surface area contributed by atoms with Crippen molar-refractivity contribution in [3.8, 4) is 0 Å². The Bertz CT molecular complexity index is 2830. The SMILES string of the molecule is CC(=O)O[C@H]1C(=O)[C@@]2(C)[C@H]([C@H](OC(=O)c3ccccc3)[C@]3(O)C[C@H](OC(=O)[C@H](O)[C@@H](NC(=O)[C@@H](CCC(=O)O)NC(=O)CCn4cc([N+](=O)[O-])nc4C)c4ccccc4)C(C)=C1C3(C)C)[C@]1(OC(C)=O)CO[C@@H]1C[C@@H]2O. The van der Waals surface area contributed by atoms with Crippen LogP contribution in [0.3, 0.4) is 0 Å². The Hall–Kier alpha value is -7.41. The number of hydrogen-bond acceptors (Lipinski definition) is 19. The third-order valence-electron chi connectivity index (χ3n) is 15.5. The standard InChI is InChI=1S/C52H61N5O19/c1-26-33(74-48(68)41(64)40(30-14-10-8-11-15-30)55-46(66)32(18-19-38(62)63)54-37(61)20-21-56-24-36(57(70)71)53-27(56)2)23-52(69)45(75-47(67)31-16-12-9-13-17-31)43-50(7,34(60)22-35-51(43,25-72-35)76-29(4)59)44(65)42(73-28(3)58)39(26)49(52,5)6/h8-17,24,32-35,40-43,45,60,64,69H,18-23,25H2,1-7H3,(H,54,61)(H,55,66)(H,62,63)/t32-,33+,34+,35-,40+,41-,42-,43+,45+,50-,51+,52-/m1/s1. The van der Waals surface area contributed by atoms with Crippen LogP contribution in [0.4, 0.5) is 5.82 Å². The average molecular weight is 1060 g/mol. The molecule has 1 saturated heterocycles. The molecule has 3 fully saturated rings. The Labute approximate surface area is 435 Å². The maximum Gasteiger partial charge on any atom is 0.381 e. The van der Waals surface area contributed by atoms with Crippen LogP contribution in [0.2, 0.25) is 0 Å². The number of aliphatic hydroxyl groups is 3. The van der Waals surface area contributed by atoms with Crippen molar-refractivity contribution in [1.82, 2.24) is 20.2 Å². The van der Waals surface area contributed by atoms with Crippen molar-refractivity contribution in [2.24, 2.45) is 16.7 Å². The number of Topliss-reactive ketones (excluding diaryl/α,β-unsaturated/α-hetero) is 1. The fraction of sp³-hybridized carbons (Fsp3) is 0.519. The zero-order valence-corrected chi connectivity index (χ0v) is 42.8. The first-order chi connectivity index (χ1) is 35.7. The highest BCUT2D eigenvalue weighted by atomic mass is 16.6. The van der Waals surface area contributed by atoms with Crippen LogP contribution in [0.1, 0.15) is 101 Å². The van der Waals surface area contributed by atoms with Crippen molar-refractivity contribution in [1.29, 1.82) is 0 Å². The molecule has 12 atom stereocenters. The van der Waals surface area contributed by atoms with Gasteiger partial charge in [-0.25, -0.2) is 9.59 Å². The molecule has 24 heteroatoms. The molecule has 6 N–H and O–H groups in total. The summed E-state index contributed by atoms with van der Waals surface area (Å²) < 4.78 is 31.6. The summed E-state index contributed by atoms with van der Waals surface area (Å²) in [6.07, 6.45) is -11.8. The molecule has 3 aromatic rings. The molecule has 2 saturated carbocycles. The number of nitrogens with zero attached hydrogens (tertiary/aromatic N) is 3. The molecular formula is C52H61N5O19. The number of nitro groups is 1. The lowest BCUT2D eigenvalue weighted by atomic mass is 9.44. The molecule has 0 spiro atoms. The highest BCUT2D eigenvalue weighted by Gasteiger charge is 2.78. The van der Waals surface area contributed by atoms with Gasteiger partial charge in [-0.15, -0.1) is 0 Å². The van der Waals surface area contributed by atoms with E-state index < -0.39 is 154 Å². The van der Waals surface area contributed by atoms with Crippen molar-refractivity contribution in [3.63, 3.8) is 0 Å². The summed E-state index contributed by atoms with van der Waals surface area (Å²) in [5.74, 6) is -10.2. The van der Waals surface area contributed by atoms with E-state index in [0.717, 1.165) is 20.0 Å². The van der Waals surface area contributed by atoms with Crippen LogP contribution in [0.15, 0.2) is 78.0 Å². The molecule has 2 aromatic carbocycles. The number of esters is 4.